The maximum Gasteiger partial charge on any atom is 0.230 e. The second-order valence-corrected chi connectivity index (χ2v) is 6.66. The van der Waals surface area contributed by atoms with E-state index in [1.54, 1.807) is 18.1 Å². The highest BCUT2D eigenvalue weighted by Gasteiger charge is 2.42. The van der Waals surface area contributed by atoms with Gasteiger partial charge in [0.05, 0.1) is 5.41 Å². The molecule has 0 aliphatic heterocycles. The van der Waals surface area contributed by atoms with Gasteiger partial charge in [-0.1, -0.05) is 12.8 Å². The summed E-state index contributed by atoms with van der Waals surface area (Å²) >= 11 is 0. The normalized spacial score (nSPS) is 16.9. The number of hydrogen-bond acceptors (Lipinski definition) is 3. The van der Waals surface area contributed by atoms with Gasteiger partial charge in [0.15, 0.2) is 5.96 Å². The van der Waals surface area contributed by atoms with Gasteiger partial charge in [-0.2, -0.15) is 5.10 Å². The second kappa shape index (κ2) is 8.70. The van der Waals surface area contributed by atoms with Gasteiger partial charge in [-0.05, 0) is 25.3 Å². The zero-order chi connectivity index (χ0) is 17.4. The van der Waals surface area contributed by atoms with Crippen molar-refractivity contribution < 1.29 is 4.79 Å². The highest BCUT2D eigenvalue weighted by atomic mass is 16.2. The Morgan fingerprint density at radius 3 is 2.67 bits per heavy atom. The molecule has 2 rings (SSSR count). The van der Waals surface area contributed by atoms with Crippen LogP contribution in [0.4, 0.5) is 0 Å². The fourth-order valence-electron chi connectivity index (χ4n) is 3.35. The predicted octanol–water partition coefficient (Wildman–Crippen LogP) is 1.09. The number of hydrogen-bond donors (Lipinski definition) is 2. The molecule has 0 aromatic carbocycles. The van der Waals surface area contributed by atoms with Crippen molar-refractivity contribution in [1.29, 1.82) is 0 Å². The average Bonchev–Trinajstić information content (AvgIpc) is 3.25. The average molecular weight is 334 g/mol. The third-order valence-corrected chi connectivity index (χ3v) is 4.65. The molecule has 0 saturated heterocycles. The maximum absolute atomic E-state index is 12.6. The Labute approximate surface area is 144 Å². The molecule has 0 unspecified atom stereocenters. The number of carbonyl (C=O) groups is 1. The van der Waals surface area contributed by atoms with Crippen molar-refractivity contribution in [3.63, 3.8) is 0 Å². The molecule has 0 atom stereocenters. The van der Waals surface area contributed by atoms with Gasteiger partial charge in [0.2, 0.25) is 5.91 Å². The molecular formula is C17H30N6O. The number of aromatic nitrogens is 2. The Hall–Kier alpha value is -2.05. The first-order valence-corrected chi connectivity index (χ1v) is 8.71. The van der Waals surface area contributed by atoms with E-state index in [1.807, 2.05) is 31.0 Å². The molecule has 1 heterocycles. The summed E-state index contributed by atoms with van der Waals surface area (Å²) in [5, 5.41) is 10.9. The molecular weight excluding hydrogens is 304 g/mol. The molecule has 134 valence electrons. The number of carbonyl (C=O) groups excluding carboxylic acids is 1. The Morgan fingerprint density at radius 1 is 1.33 bits per heavy atom. The van der Waals surface area contributed by atoms with Crippen LogP contribution in [0.3, 0.4) is 0 Å². The zero-order valence-electron chi connectivity index (χ0n) is 15.1. The molecule has 0 spiro atoms. The van der Waals surface area contributed by atoms with E-state index in [1.165, 1.54) is 0 Å². The lowest BCUT2D eigenvalue weighted by Gasteiger charge is -2.31. The largest absolute Gasteiger partial charge is 0.356 e. The monoisotopic (exact) mass is 334 g/mol. The van der Waals surface area contributed by atoms with Crippen LogP contribution in [0.1, 0.15) is 32.1 Å². The molecule has 1 aromatic rings. The summed E-state index contributed by atoms with van der Waals surface area (Å²) in [7, 11) is 5.44. The molecule has 1 aliphatic carbocycles. The van der Waals surface area contributed by atoms with Gasteiger partial charge in [-0.15, -0.1) is 0 Å². The molecule has 1 fully saturated rings. The number of nitrogens with one attached hydrogen (secondary N) is 2. The fourth-order valence-corrected chi connectivity index (χ4v) is 3.35. The van der Waals surface area contributed by atoms with Gasteiger partial charge < -0.3 is 15.5 Å². The molecule has 1 saturated carbocycles. The van der Waals surface area contributed by atoms with Crippen molar-refractivity contribution in [3.05, 3.63) is 18.5 Å². The molecule has 7 nitrogen and oxygen atoms in total. The van der Waals surface area contributed by atoms with Crippen molar-refractivity contribution >= 4 is 11.9 Å². The summed E-state index contributed by atoms with van der Waals surface area (Å²) in [6, 6.07) is 1.93. The summed E-state index contributed by atoms with van der Waals surface area (Å²) in [5.74, 6) is 0.981. The smallest absolute Gasteiger partial charge is 0.230 e. The van der Waals surface area contributed by atoms with E-state index in [9.17, 15) is 4.79 Å². The third-order valence-electron chi connectivity index (χ3n) is 4.65. The minimum Gasteiger partial charge on any atom is -0.356 e. The van der Waals surface area contributed by atoms with Crippen LogP contribution >= 0.6 is 0 Å². The minimum absolute atomic E-state index is 0.224. The lowest BCUT2D eigenvalue weighted by Crippen LogP contribution is -2.49. The molecule has 0 bridgehead atoms. The number of rotatable bonds is 7. The first kappa shape index (κ1) is 18.3. The number of aliphatic imine (C=N–C) groups is 1. The van der Waals surface area contributed by atoms with Gasteiger partial charge >= 0.3 is 0 Å². The van der Waals surface area contributed by atoms with Crippen LogP contribution in [-0.2, 0) is 11.3 Å². The van der Waals surface area contributed by atoms with Gasteiger partial charge in [0.25, 0.3) is 0 Å². The zero-order valence-corrected chi connectivity index (χ0v) is 15.1. The molecule has 7 heteroatoms. The van der Waals surface area contributed by atoms with E-state index in [0.29, 0.717) is 6.54 Å². The summed E-state index contributed by atoms with van der Waals surface area (Å²) in [6.45, 7) is 2.33. The summed E-state index contributed by atoms with van der Waals surface area (Å²) < 4.78 is 1.92. The topological polar surface area (TPSA) is 74.5 Å². The standard InChI is InChI=1S/C17H30N6O/c1-18-16(19-10-6-12-23-13-7-11-21-23)20-14-17(8-4-5-9-17)15(24)22(2)3/h7,11,13H,4-6,8-10,12,14H2,1-3H3,(H2,18,19,20). The predicted molar refractivity (Wildman–Crippen MR) is 95.8 cm³/mol. The van der Waals surface area contributed by atoms with Gasteiger partial charge in [0, 0.05) is 53.2 Å². The van der Waals surface area contributed by atoms with Crippen LogP contribution in [0.15, 0.2) is 23.5 Å². The number of nitrogens with zero attached hydrogens (tertiary/aromatic N) is 4. The number of aryl methyl sites for hydroxylation is 1. The Balaban J connectivity index is 1.78. The van der Waals surface area contributed by atoms with E-state index in [0.717, 1.165) is 51.2 Å². The fraction of sp³-hybridized carbons (Fsp3) is 0.706. The van der Waals surface area contributed by atoms with Gasteiger partial charge in [-0.3, -0.25) is 14.5 Å². The van der Waals surface area contributed by atoms with E-state index in [2.05, 4.69) is 20.7 Å². The Bertz CT molecular complexity index is 531. The van der Waals surface area contributed by atoms with Crippen LogP contribution in [0.25, 0.3) is 0 Å². The molecule has 1 aliphatic rings. The van der Waals surface area contributed by atoms with Gasteiger partial charge in [-0.25, -0.2) is 0 Å². The van der Waals surface area contributed by atoms with E-state index in [4.69, 9.17) is 0 Å². The molecule has 0 radical (unpaired) electrons. The van der Waals surface area contributed by atoms with E-state index < -0.39 is 0 Å². The first-order chi connectivity index (χ1) is 11.6. The van der Waals surface area contributed by atoms with Crippen LogP contribution in [0, 0.1) is 5.41 Å². The minimum atomic E-state index is -0.282. The highest BCUT2D eigenvalue weighted by Crippen LogP contribution is 2.38. The van der Waals surface area contributed by atoms with Crippen molar-refractivity contribution in [1.82, 2.24) is 25.3 Å². The van der Waals surface area contributed by atoms with Crippen LogP contribution in [0.5, 0.6) is 0 Å². The van der Waals surface area contributed by atoms with Crippen LogP contribution in [-0.4, -0.2) is 60.8 Å². The quantitative estimate of drug-likeness (QED) is 0.445. The lowest BCUT2D eigenvalue weighted by atomic mass is 9.84. The van der Waals surface area contributed by atoms with Crippen LogP contribution in [0.2, 0.25) is 0 Å². The Kier molecular flexibility index (Phi) is 6.63. The van der Waals surface area contributed by atoms with Crippen LogP contribution < -0.4 is 10.6 Å². The van der Waals surface area contributed by atoms with E-state index >= 15 is 0 Å². The lowest BCUT2D eigenvalue weighted by molar-refractivity contribution is -0.138. The van der Waals surface area contributed by atoms with Crippen molar-refractivity contribution in [2.24, 2.45) is 10.4 Å². The van der Waals surface area contributed by atoms with Crippen molar-refractivity contribution in [2.45, 2.75) is 38.6 Å². The van der Waals surface area contributed by atoms with Crippen molar-refractivity contribution in [3.8, 4) is 0 Å². The number of guanidine groups is 1. The molecule has 24 heavy (non-hydrogen) atoms. The van der Waals surface area contributed by atoms with E-state index in [-0.39, 0.29) is 11.3 Å². The first-order valence-electron chi connectivity index (χ1n) is 8.71. The Morgan fingerprint density at radius 2 is 2.08 bits per heavy atom. The van der Waals surface area contributed by atoms with Gasteiger partial charge in [0.1, 0.15) is 0 Å². The molecule has 1 amide bonds. The molecule has 1 aromatic heterocycles. The molecule has 2 N–H and O–H groups in total. The highest BCUT2D eigenvalue weighted by molar-refractivity contribution is 5.85. The third kappa shape index (κ3) is 4.72. The summed E-state index contributed by atoms with van der Waals surface area (Å²) in [6.07, 6.45) is 8.86. The summed E-state index contributed by atoms with van der Waals surface area (Å²) in [4.78, 5) is 18.6. The number of amides is 1. The summed E-state index contributed by atoms with van der Waals surface area (Å²) in [5.41, 5.74) is -0.282. The maximum atomic E-state index is 12.6. The second-order valence-electron chi connectivity index (χ2n) is 6.66. The van der Waals surface area contributed by atoms with Crippen molar-refractivity contribution in [2.75, 3.05) is 34.2 Å². The SMILES string of the molecule is CN=C(NCCCn1cccn1)NCC1(C(=O)N(C)C)CCCC1.